The van der Waals surface area contributed by atoms with Gasteiger partial charge in [0.2, 0.25) is 6.08 Å². The summed E-state index contributed by atoms with van der Waals surface area (Å²) >= 11 is 0. The fraction of sp³-hybridized carbons (Fsp3) is 0.562. The maximum atomic E-state index is 10.6. The van der Waals surface area contributed by atoms with Crippen molar-refractivity contribution in [2.24, 2.45) is 4.99 Å². The first-order valence-electron chi connectivity index (χ1n) is 7.11. The fourth-order valence-electron chi connectivity index (χ4n) is 3.09. The molecule has 1 saturated carbocycles. The first-order valence-corrected chi connectivity index (χ1v) is 7.11. The topological polar surface area (TPSA) is 32.7 Å². The van der Waals surface area contributed by atoms with E-state index in [-0.39, 0.29) is 5.54 Å². The molecule has 0 amide bonds. The van der Waals surface area contributed by atoms with Gasteiger partial charge in [0, 0.05) is 0 Å². The number of benzene rings is 1. The molecular weight excluding hydrogens is 236 g/mol. The first kappa shape index (κ1) is 12.6. The van der Waals surface area contributed by atoms with Gasteiger partial charge in [-0.2, -0.15) is 4.99 Å². The SMILES string of the molecule is CN1CCC(c2cccc(C3(N=C=O)CC3)c2)CC1. The predicted octanol–water partition coefficient (Wildman–Crippen LogP) is 2.82. The Morgan fingerprint density at radius 2 is 2.05 bits per heavy atom. The zero-order chi connectivity index (χ0) is 13.3. The summed E-state index contributed by atoms with van der Waals surface area (Å²) in [7, 11) is 2.19. The number of rotatable bonds is 3. The third-order valence-corrected chi connectivity index (χ3v) is 4.60. The monoisotopic (exact) mass is 256 g/mol. The molecule has 1 aromatic carbocycles. The Labute approximate surface area is 114 Å². The maximum Gasteiger partial charge on any atom is 0.235 e. The van der Waals surface area contributed by atoms with Crippen LogP contribution in [0.2, 0.25) is 0 Å². The summed E-state index contributed by atoms with van der Waals surface area (Å²) in [6, 6.07) is 8.71. The third kappa shape index (κ3) is 2.49. The molecule has 19 heavy (non-hydrogen) atoms. The number of isocyanates is 1. The largest absolute Gasteiger partial charge is 0.306 e. The molecule has 1 aliphatic heterocycles. The predicted molar refractivity (Wildman–Crippen MR) is 74.9 cm³/mol. The number of hydrogen-bond donors (Lipinski definition) is 0. The van der Waals surface area contributed by atoms with Crippen LogP contribution in [0.5, 0.6) is 0 Å². The molecule has 0 N–H and O–H groups in total. The van der Waals surface area contributed by atoms with Crippen LogP contribution in [0.1, 0.15) is 42.7 Å². The summed E-state index contributed by atoms with van der Waals surface area (Å²) in [6.45, 7) is 2.35. The van der Waals surface area contributed by atoms with Gasteiger partial charge in [-0.15, -0.1) is 0 Å². The average Bonchev–Trinajstić information content (AvgIpc) is 3.21. The molecule has 0 radical (unpaired) electrons. The first-order chi connectivity index (χ1) is 9.23. The van der Waals surface area contributed by atoms with E-state index in [2.05, 4.69) is 41.2 Å². The zero-order valence-electron chi connectivity index (χ0n) is 11.4. The summed E-state index contributed by atoms with van der Waals surface area (Å²) < 4.78 is 0. The van der Waals surface area contributed by atoms with E-state index in [1.54, 1.807) is 6.08 Å². The number of piperidine rings is 1. The lowest BCUT2D eigenvalue weighted by Gasteiger charge is -2.29. The molecule has 0 aromatic heterocycles. The van der Waals surface area contributed by atoms with Crippen molar-refractivity contribution in [2.75, 3.05) is 20.1 Å². The minimum Gasteiger partial charge on any atom is -0.306 e. The standard InChI is InChI=1S/C16H20N2O/c1-18-9-5-13(6-10-18)14-3-2-4-15(11-14)16(7-8-16)17-12-19/h2-4,11,13H,5-10H2,1H3. The van der Waals surface area contributed by atoms with Gasteiger partial charge in [-0.25, -0.2) is 4.79 Å². The Bertz CT molecular complexity index is 507. The average molecular weight is 256 g/mol. The normalized spacial score (nSPS) is 22.8. The van der Waals surface area contributed by atoms with Crippen LogP contribution in [0.4, 0.5) is 0 Å². The van der Waals surface area contributed by atoms with Crippen LogP contribution in [0.15, 0.2) is 29.3 Å². The van der Waals surface area contributed by atoms with Crippen LogP contribution >= 0.6 is 0 Å². The van der Waals surface area contributed by atoms with Gasteiger partial charge in [0.15, 0.2) is 0 Å². The van der Waals surface area contributed by atoms with Crippen LogP contribution in [-0.4, -0.2) is 31.1 Å². The van der Waals surface area contributed by atoms with Gasteiger partial charge in [-0.05, 0) is 62.9 Å². The number of nitrogens with zero attached hydrogens (tertiary/aromatic N) is 2. The van der Waals surface area contributed by atoms with Gasteiger partial charge in [0.1, 0.15) is 0 Å². The smallest absolute Gasteiger partial charge is 0.235 e. The van der Waals surface area contributed by atoms with Gasteiger partial charge in [0.05, 0.1) is 5.54 Å². The van der Waals surface area contributed by atoms with E-state index < -0.39 is 0 Å². The summed E-state index contributed by atoms with van der Waals surface area (Å²) in [5, 5.41) is 0. The maximum absolute atomic E-state index is 10.6. The molecule has 0 unspecified atom stereocenters. The van der Waals surface area contributed by atoms with Crippen molar-refractivity contribution in [3.63, 3.8) is 0 Å². The Balaban J connectivity index is 1.82. The van der Waals surface area contributed by atoms with E-state index in [4.69, 9.17) is 0 Å². The summed E-state index contributed by atoms with van der Waals surface area (Å²) in [6.07, 6.45) is 6.16. The Morgan fingerprint density at radius 1 is 1.32 bits per heavy atom. The van der Waals surface area contributed by atoms with E-state index in [1.165, 1.54) is 37.1 Å². The summed E-state index contributed by atoms with van der Waals surface area (Å²) in [5.41, 5.74) is 2.38. The highest BCUT2D eigenvalue weighted by Gasteiger charge is 2.44. The molecule has 0 atom stereocenters. The molecule has 1 aromatic rings. The molecule has 0 spiro atoms. The van der Waals surface area contributed by atoms with Crippen LogP contribution in [0.25, 0.3) is 0 Å². The van der Waals surface area contributed by atoms with E-state index in [0.717, 1.165) is 12.8 Å². The minimum atomic E-state index is -0.233. The van der Waals surface area contributed by atoms with Crippen molar-refractivity contribution < 1.29 is 4.79 Å². The number of hydrogen-bond acceptors (Lipinski definition) is 3. The van der Waals surface area contributed by atoms with Crippen molar-refractivity contribution in [3.8, 4) is 0 Å². The fourth-order valence-corrected chi connectivity index (χ4v) is 3.09. The van der Waals surface area contributed by atoms with Gasteiger partial charge in [-0.1, -0.05) is 24.3 Å². The Morgan fingerprint density at radius 3 is 2.68 bits per heavy atom. The van der Waals surface area contributed by atoms with Crippen molar-refractivity contribution >= 4 is 6.08 Å². The summed E-state index contributed by atoms with van der Waals surface area (Å²) in [5.74, 6) is 0.659. The molecule has 0 bridgehead atoms. The van der Waals surface area contributed by atoms with E-state index in [1.807, 2.05) is 0 Å². The Kier molecular flexibility index (Phi) is 3.26. The second-order valence-electron chi connectivity index (χ2n) is 5.94. The lowest BCUT2D eigenvalue weighted by Crippen LogP contribution is -2.29. The highest BCUT2D eigenvalue weighted by Crippen LogP contribution is 2.49. The van der Waals surface area contributed by atoms with Crippen molar-refractivity contribution in [2.45, 2.75) is 37.1 Å². The minimum absolute atomic E-state index is 0.233. The van der Waals surface area contributed by atoms with Crippen LogP contribution in [-0.2, 0) is 10.3 Å². The molecule has 3 nitrogen and oxygen atoms in total. The van der Waals surface area contributed by atoms with Crippen molar-refractivity contribution in [1.29, 1.82) is 0 Å². The molecule has 3 heteroatoms. The number of carbonyl (C=O) groups excluding carboxylic acids is 1. The van der Waals surface area contributed by atoms with Crippen LogP contribution < -0.4 is 0 Å². The third-order valence-electron chi connectivity index (χ3n) is 4.60. The van der Waals surface area contributed by atoms with E-state index in [9.17, 15) is 4.79 Å². The molecule has 2 aliphatic rings. The van der Waals surface area contributed by atoms with Gasteiger partial charge >= 0.3 is 0 Å². The molecule has 1 aliphatic carbocycles. The van der Waals surface area contributed by atoms with E-state index in [0.29, 0.717) is 5.92 Å². The number of aliphatic imine (C=N–C) groups is 1. The van der Waals surface area contributed by atoms with Gasteiger partial charge in [0.25, 0.3) is 0 Å². The van der Waals surface area contributed by atoms with Gasteiger partial charge < -0.3 is 4.90 Å². The number of likely N-dealkylation sites (tertiary alicyclic amines) is 1. The lowest BCUT2D eigenvalue weighted by molar-refractivity contribution is 0.255. The van der Waals surface area contributed by atoms with Gasteiger partial charge in [-0.3, -0.25) is 0 Å². The summed E-state index contributed by atoms with van der Waals surface area (Å²) in [4.78, 5) is 17.0. The molecule has 1 saturated heterocycles. The Hall–Kier alpha value is -1.44. The second-order valence-corrected chi connectivity index (χ2v) is 5.94. The quantitative estimate of drug-likeness (QED) is 0.615. The van der Waals surface area contributed by atoms with Crippen LogP contribution in [0, 0.1) is 0 Å². The molecule has 1 heterocycles. The highest BCUT2D eigenvalue weighted by atomic mass is 16.1. The van der Waals surface area contributed by atoms with Crippen LogP contribution in [0.3, 0.4) is 0 Å². The van der Waals surface area contributed by atoms with Crippen molar-refractivity contribution in [3.05, 3.63) is 35.4 Å². The molecule has 2 fully saturated rings. The van der Waals surface area contributed by atoms with Crippen molar-refractivity contribution in [1.82, 2.24) is 4.90 Å². The molecular formula is C16H20N2O. The molecule has 100 valence electrons. The highest BCUT2D eigenvalue weighted by molar-refractivity contribution is 5.42. The zero-order valence-corrected chi connectivity index (χ0v) is 11.4. The van der Waals surface area contributed by atoms with E-state index >= 15 is 0 Å². The second kappa shape index (κ2) is 4.92. The lowest BCUT2D eigenvalue weighted by atomic mass is 9.87. The molecule has 3 rings (SSSR count).